The third kappa shape index (κ3) is 2.13. The monoisotopic (exact) mass is 250 g/mol. The van der Waals surface area contributed by atoms with Gasteiger partial charge in [-0.05, 0) is 0 Å². The molecule has 0 N–H and O–H groups in total. The Morgan fingerprint density at radius 2 is 1.78 bits per heavy atom. The molecule has 0 bridgehead atoms. The first-order chi connectivity index (χ1) is 4.33. The molecule has 0 atom stereocenters. The summed E-state index contributed by atoms with van der Waals surface area (Å²) in [6.07, 6.45) is 0. The van der Waals surface area contributed by atoms with Gasteiger partial charge in [0.2, 0.25) is 0 Å². The Bertz CT molecular complexity index is 181. The average molecular weight is 250 g/mol. The van der Waals surface area contributed by atoms with Gasteiger partial charge >= 0.3 is 68.5 Å². The molecule has 0 fully saturated rings. The summed E-state index contributed by atoms with van der Waals surface area (Å²) in [6.45, 7) is 2.10. The molecule has 0 heterocycles. The predicted octanol–water partition coefficient (Wildman–Crippen LogP) is 1.63. The number of halogens is 1. The van der Waals surface area contributed by atoms with Crippen LogP contribution < -0.4 is 4.46 Å². The van der Waals surface area contributed by atoms with E-state index in [1.54, 1.807) is 0 Å². The van der Waals surface area contributed by atoms with Crippen molar-refractivity contribution in [1.29, 1.82) is 0 Å². The summed E-state index contributed by atoms with van der Waals surface area (Å²) in [5.41, 5.74) is 1.33. The molecule has 1 aromatic carbocycles. The molecule has 0 radical (unpaired) electrons. The molecule has 9 heavy (non-hydrogen) atoms. The average Bonchev–Trinajstić information content (AvgIpc) is 1.90. The molecule has 48 valence electrons. The van der Waals surface area contributed by atoms with Crippen molar-refractivity contribution in [2.45, 2.75) is 6.92 Å². The maximum atomic E-state index is 3.44. The van der Waals surface area contributed by atoms with Gasteiger partial charge in [-0.1, -0.05) is 0 Å². The van der Waals surface area contributed by atoms with E-state index < -0.39 is 0 Å². The second-order valence-corrected chi connectivity index (χ2v) is 4.89. The van der Waals surface area contributed by atoms with Gasteiger partial charge in [0.15, 0.2) is 0 Å². The van der Waals surface area contributed by atoms with Crippen LogP contribution in [0.2, 0.25) is 0 Å². The van der Waals surface area contributed by atoms with Gasteiger partial charge in [0.25, 0.3) is 0 Å². The van der Waals surface area contributed by atoms with Crippen LogP contribution in [0, 0.1) is 6.92 Å². The zero-order chi connectivity index (χ0) is 6.69. The molecule has 0 aliphatic heterocycles. The van der Waals surface area contributed by atoms with Gasteiger partial charge in [0, 0.05) is 0 Å². The first-order valence-electron chi connectivity index (χ1n) is 2.68. The van der Waals surface area contributed by atoms with Gasteiger partial charge in [-0.3, -0.25) is 0 Å². The SMILES string of the molecule is Cc1ccc([Se]Br)cc1. The number of rotatable bonds is 1. The van der Waals surface area contributed by atoms with Gasteiger partial charge < -0.3 is 0 Å². The van der Waals surface area contributed by atoms with Crippen molar-refractivity contribution in [3.63, 3.8) is 0 Å². The second kappa shape index (κ2) is 3.40. The molecule has 0 unspecified atom stereocenters. The molecular weight excluding hydrogens is 243 g/mol. The Morgan fingerprint density at radius 1 is 1.22 bits per heavy atom. The van der Waals surface area contributed by atoms with E-state index in [1.807, 2.05) is 0 Å². The molecule has 0 spiro atoms. The topological polar surface area (TPSA) is 0 Å². The van der Waals surface area contributed by atoms with Gasteiger partial charge in [-0.25, -0.2) is 0 Å². The van der Waals surface area contributed by atoms with Crippen LogP contribution in [-0.4, -0.2) is 13.1 Å². The first kappa shape index (κ1) is 7.33. The van der Waals surface area contributed by atoms with Crippen molar-refractivity contribution >= 4 is 31.7 Å². The molecule has 0 saturated heterocycles. The van der Waals surface area contributed by atoms with E-state index in [2.05, 4.69) is 45.3 Å². The van der Waals surface area contributed by atoms with Crippen molar-refractivity contribution in [1.82, 2.24) is 0 Å². The van der Waals surface area contributed by atoms with Crippen LogP contribution in [-0.2, 0) is 0 Å². The van der Waals surface area contributed by atoms with Crippen molar-refractivity contribution in [2.24, 2.45) is 0 Å². The third-order valence-corrected chi connectivity index (χ3v) is 4.00. The van der Waals surface area contributed by atoms with Crippen molar-refractivity contribution in [2.75, 3.05) is 0 Å². The van der Waals surface area contributed by atoms with E-state index in [0.717, 1.165) is 0 Å². The molecule has 0 amide bonds. The van der Waals surface area contributed by atoms with Crippen LogP contribution in [0.4, 0.5) is 0 Å². The van der Waals surface area contributed by atoms with Crippen molar-refractivity contribution < 1.29 is 0 Å². The van der Waals surface area contributed by atoms with Crippen LogP contribution in [0.5, 0.6) is 0 Å². The molecule has 1 aromatic rings. The second-order valence-electron chi connectivity index (χ2n) is 1.89. The molecule has 0 aliphatic rings. The van der Waals surface area contributed by atoms with Crippen LogP contribution in [0.1, 0.15) is 5.56 Å². The van der Waals surface area contributed by atoms with E-state index in [4.69, 9.17) is 0 Å². The minimum atomic E-state index is 0.473. The molecular formula is C7H7BrSe. The normalized spacial score (nSPS) is 9.56. The summed E-state index contributed by atoms with van der Waals surface area (Å²) in [6, 6.07) is 8.59. The van der Waals surface area contributed by atoms with Crippen molar-refractivity contribution in [3.05, 3.63) is 29.8 Å². The van der Waals surface area contributed by atoms with E-state index in [9.17, 15) is 0 Å². The Hall–Kier alpha value is 0.219. The number of hydrogen-bond donors (Lipinski definition) is 0. The zero-order valence-electron chi connectivity index (χ0n) is 5.10. The molecule has 1 rings (SSSR count). The zero-order valence-corrected chi connectivity index (χ0v) is 8.39. The van der Waals surface area contributed by atoms with E-state index in [1.165, 1.54) is 10.0 Å². The fraction of sp³-hybridized carbons (Fsp3) is 0.143. The standard InChI is InChI=1S/C7H7BrSe/c1-6-2-4-7(9-8)5-3-6/h2-5H,1H3. The fourth-order valence-corrected chi connectivity index (χ4v) is 2.21. The minimum absolute atomic E-state index is 0.473. The summed E-state index contributed by atoms with van der Waals surface area (Å²) >= 11 is 3.92. The third-order valence-electron chi connectivity index (χ3n) is 1.11. The Labute approximate surface area is 68.5 Å². The maximum absolute atomic E-state index is 3.44. The van der Waals surface area contributed by atoms with E-state index >= 15 is 0 Å². The van der Waals surface area contributed by atoms with Gasteiger partial charge in [0.1, 0.15) is 0 Å². The molecule has 0 aromatic heterocycles. The molecule has 0 aliphatic carbocycles. The van der Waals surface area contributed by atoms with Crippen molar-refractivity contribution in [3.8, 4) is 0 Å². The van der Waals surface area contributed by atoms with Gasteiger partial charge in [-0.2, -0.15) is 0 Å². The fourth-order valence-electron chi connectivity index (χ4n) is 0.590. The van der Waals surface area contributed by atoms with E-state index in [0.29, 0.717) is 13.1 Å². The molecule has 0 saturated carbocycles. The van der Waals surface area contributed by atoms with E-state index in [-0.39, 0.29) is 0 Å². The number of benzene rings is 1. The Balaban J connectivity index is 2.88. The summed E-state index contributed by atoms with van der Waals surface area (Å²) in [5, 5.41) is 0. The van der Waals surface area contributed by atoms with Crippen LogP contribution in [0.3, 0.4) is 0 Å². The Morgan fingerprint density at radius 3 is 2.22 bits per heavy atom. The summed E-state index contributed by atoms with van der Waals surface area (Å²) < 4.78 is 1.40. The quantitative estimate of drug-likeness (QED) is 0.664. The number of aryl methyl sites for hydroxylation is 1. The molecule has 0 nitrogen and oxygen atoms in total. The van der Waals surface area contributed by atoms with Gasteiger partial charge in [-0.15, -0.1) is 0 Å². The summed E-state index contributed by atoms with van der Waals surface area (Å²) in [4.78, 5) is 0. The molecule has 2 heteroatoms. The predicted molar refractivity (Wildman–Crippen MR) is 45.5 cm³/mol. The number of hydrogen-bond acceptors (Lipinski definition) is 0. The van der Waals surface area contributed by atoms with Crippen LogP contribution in [0.25, 0.3) is 0 Å². The summed E-state index contributed by atoms with van der Waals surface area (Å²) in [7, 11) is 0. The van der Waals surface area contributed by atoms with Crippen LogP contribution >= 0.6 is 14.1 Å². The van der Waals surface area contributed by atoms with Gasteiger partial charge in [0.05, 0.1) is 0 Å². The van der Waals surface area contributed by atoms with Crippen LogP contribution in [0.15, 0.2) is 24.3 Å². The summed E-state index contributed by atoms with van der Waals surface area (Å²) in [5.74, 6) is 0. The first-order valence-corrected chi connectivity index (χ1v) is 7.55. The Kier molecular flexibility index (Phi) is 2.77.